The zero-order valence-electron chi connectivity index (χ0n) is 18.9. The number of thioether (sulfide) groups is 1. The van der Waals surface area contributed by atoms with Crippen molar-refractivity contribution in [2.45, 2.75) is 101 Å². The van der Waals surface area contributed by atoms with Crippen LogP contribution in [0.4, 0.5) is 0 Å². The van der Waals surface area contributed by atoms with Gasteiger partial charge in [-0.3, -0.25) is 0 Å². The number of fused-ring (bicyclic) bond motifs is 5. The Balaban J connectivity index is 1.76. The molecule has 0 heterocycles. The third kappa shape index (κ3) is 2.63. The van der Waals surface area contributed by atoms with E-state index in [4.69, 9.17) is 0 Å². The van der Waals surface area contributed by atoms with Gasteiger partial charge in [-0.05, 0) is 96.7 Å². The van der Waals surface area contributed by atoms with E-state index in [0.29, 0.717) is 21.5 Å². The summed E-state index contributed by atoms with van der Waals surface area (Å²) < 4.78 is 0. The first-order valence-electron chi connectivity index (χ1n) is 11.8. The molecule has 0 aliphatic heterocycles. The number of hydrogen-bond acceptors (Lipinski definition) is 2. The van der Waals surface area contributed by atoms with Gasteiger partial charge in [0.05, 0.1) is 5.60 Å². The topological polar surface area (TPSA) is 20.2 Å². The molecule has 0 amide bonds. The van der Waals surface area contributed by atoms with E-state index in [9.17, 15) is 5.11 Å². The van der Waals surface area contributed by atoms with Gasteiger partial charge < -0.3 is 5.11 Å². The lowest BCUT2D eigenvalue weighted by Crippen LogP contribution is -2.63. The summed E-state index contributed by atoms with van der Waals surface area (Å²) in [5.74, 6) is 4.12. The zero-order valence-corrected chi connectivity index (χ0v) is 19.7. The fourth-order valence-corrected chi connectivity index (χ4v) is 11.0. The van der Waals surface area contributed by atoms with Gasteiger partial charge in [-0.2, -0.15) is 11.8 Å². The molecule has 4 aliphatic rings. The van der Waals surface area contributed by atoms with E-state index in [1.807, 2.05) is 0 Å². The summed E-state index contributed by atoms with van der Waals surface area (Å²) in [6, 6.07) is 0. The van der Waals surface area contributed by atoms with Crippen molar-refractivity contribution in [1.29, 1.82) is 0 Å². The van der Waals surface area contributed by atoms with Gasteiger partial charge in [-0.15, -0.1) is 0 Å². The van der Waals surface area contributed by atoms with Crippen LogP contribution in [-0.4, -0.2) is 38.4 Å². The average molecular weight is 388 g/mol. The zero-order chi connectivity index (χ0) is 19.7. The van der Waals surface area contributed by atoms with E-state index >= 15 is 0 Å². The van der Waals surface area contributed by atoms with E-state index < -0.39 is 5.60 Å². The average Bonchev–Trinajstić information content (AvgIpc) is 2.92. The van der Waals surface area contributed by atoms with Crippen molar-refractivity contribution in [2.75, 3.05) is 12.0 Å². The molecule has 152 valence electrons. The second kappa shape index (κ2) is 6.47. The largest absolute Gasteiger partial charge is 0.390 e. The van der Waals surface area contributed by atoms with Gasteiger partial charge in [-0.25, -0.2) is 0 Å². The van der Waals surface area contributed by atoms with E-state index in [-0.39, 0.29) is 0 Å². The molecule has 4 aliphatic carbocycles. The van der Waals surface area contributed by atoms with Gasteiger partial charge in [0, 0.05) is 0 Å². The Labute approximate surface area is 174 Å². The van der Waals surface area contributed by atoms with Crippen molar-refractivity contribution in [2.24, 2.45) is 28.6 Å². The normalized spacial score (nSPS) is 57.6. The fourth-order valence-electron chi connectivity index (χ4n) is 9.65. The molecule has 0 aromatic carbocycles. The summed E-state index contributed by atoms with van der Waals surface area (Å²) in [5, 5.41) is 11.8. The maximum absolute atomic E-state index is 11.0. The molecule has 27 heavy (non-hydrogen) atoms. The summed E-state index contributed by atoms with van der Waals surface area (Å²) in [6.45, 7) is 7.21. The minimum Gasteiger partial charge on any atom is -0.390 e. The predicted molar refractivity (Wildman–Crippen MR) is 124 cm³/mol. The van der Waals surface area contributed by atoms with E-state index in [1.54, 1.807) is 0 Å². The molecule has 1 nitrogen and oxygen atoms in total. The summed E-state index contributed by atoms with van der Waals surface area (Å²) in [6.07, 6.45) is 15.6. The molecule has 0 saturated heterocycles. The molecule has 0 aromatic heterocycles. The van der Waals surface area contributed by atoms with E-state index in [1.165, 1.54) is 57.1 Å². The molecule has 4 saturated carbocycles. The third-order valence-electron chi connectivity index (χ3n) is 11.1. The van der Waals surface area contributed by atoms with Crippen LogP contribution in [0.25, 0.3) is 0 Å². The van der Waals surface area contributed by atoms with Crippen molar-refractivity contribution in [3.05, 3.63) is 0 Å². The van der Waals surface area contributed by atoms with Crippen LogP contribution < -0.4 is 0 Å². The summed E-state index contributed by atoms with van der Waals surface area (Å²) in [5.41, 5.74) is 0.563. The Bertz CT molecular complexity index is 597. The Hall–Kier alpha value is 0.440. The highest BCUT2D eigenvalue weighted by Crippen LogP contribution is 2.80. The van der Waals surface area contributed by atoms with Gasteiger partial charge in [0.2, 0.25) is 0 Å². The lowest BCUT2D eigenvalue weighted by atomic mass is 9.25. The highest BCUT2D eigenvalue weighted by Gasteiger charge is 2.69. The maximum atomic E-state index is 11.0. The van der Waals surface area contributed by atoms with Crippen LogP contribution in [0.15, 0.2) is 0 Å². The van der Waals surface area contributed by atoms with Gasteiger partial charge in [0.15, 0.2) is 0 Å². The molecule has 0 spiro atoms. The lowest BCUT2D eigenvalue weighted by Gasteiger charge is -2.72. The molecule has 0 radical (unpaired) electrons. The summed E-state index contributed by atoms with van der Waals surface area (Å²) >= 11 is 2.09. The first-order chi connectivity index (χ1) is 12.6. The van der Waals surface area contributed by atoms with Crippen LogP contribution in [0.2, 0.25) is 10.6 Å². The minimum absolute atomic E-state index is 0.305. The standard InChI is InChI=1S/C23H42B2OS/c1-5-16-6-7-17-18-8-9-22(24)14-19(2,26)10-12-21(22,15-27-4)23(18,25)13-11-20(16,17)3/h16-18,26H,5-15,24-25H2,1-4H3/t16-,17-,18-,19+,20+,21+,22-,23+/m0/s1. The molecule has 0 aromatic rings. The quantitative estimate of drug-likeness (QED) is 0.719. The number of rotatable bonds is 3. The molecule has 0 bridgehead atoms. The molecule has 4 fully saturated rings. The maximum Gasteiger partial charge on any atom is 0.110 e. The molecule has 4 heteroatoms. The second-order valence-electron chi connectivity index (χ2n) is 12.1. The molecular formula is C23H42B2OS. The Kier molecular flexibility index (Phi) is 4.96. The SMILES string of the molecule is B[C@]12CC[C@H]3[C@@H]4CC[C@H](CC)[C@@]4(C)CC[C@]3(B)[C@@]1(CSC)CC[C@@](C)(O)C2. The second-order valence-corrected chi connectivity index (χ2v) is 13.0. The van der Waals surface area contributed by atoms with Crippen LogP contribution in [0, 0.1) is 28.6 Å². The Morgan fingerprint density at radius 3 is 2.37 bits per heavy atom. The number of hydrogen-bond donors (Lipinski definition) is 1. The minimum atomic E-state index is -0.455. The van der Waals surface area contributed by atoms with Crippen LogP contribution in [0.1, 0.15) is 85.0 Å². The van der Waals surface area contributed by atoms with Crippen LogP contribution in [0.3, 0.4) is 0 Å². The van der Waals surface area contributed by atoms with Gasteiger partial charge >= 0.3 is 0 Å². The molecule has 0 unspecified atom stereocenters. The van der Waals surface area contributed by atoms with Crippen LogP contribution in [-0.2, 0) is 0 Å². The van der Waals surface area contributed by atoms with Crippen LogP contribution >= 0.6 is 11.8 Å². The van der Waals surface area contributed by atoms with Gasteiger partial charge in [-0.1, -0.05) is 39.5 Å². The Morgan fingerprint density at radius 2 is 1.70 bits per heavy atom. The van der Waals surface area contributed by atoms with E-state index in [2.05, 4.69) is 54.5 Å². The first-order valence-corrected chi connectivity index (χ1v) is 13.2. The Morgan fingerprint density at radius 1 is 0.963 bits per heavy atom. The molecule has 4 rings (SSSR count). The van der Waals surface area contributed by atoms with Gasteiger partial charge in [0.25, 0.3) is 0 Å². The monoisotopic (exact) mass is 388 g/mol. The molecular weight excluding hydrogens is 346 g/mol. The lowest BCUT2D eigenvalue weighted by molar-refractivity contribution is -0.126. The number of aliphatic hydroxyl groups is 1. The van der Waals surface area contributed by atoms with Crippen LogP contribution in [0.5, 0.6) is 0 Å². The van der Waals surface area contributed by atoms with Crippen molar-refractivity contribution in [1.82, 2.24) is 0 Å². The first kappa shape index (κ1) is 20.7. The fraction of sp³-hybridized carbons (Fsp3) is 1.00. The highest BCUT2D eigenvalue weighted by atomic mass is 32.2. The predicted octanol–water partition coefficient (Wildman–Crippen LogP) is 4.50. The smallest absolute Gasteiger partial charge is 0.110 e. The van der Waals surface area contributed by atoms with Crippen molar-refractivity contribution in [3.8, 4) is 0 Å². The summed E-state index contributed by atoms with van der Waals surface area (Å²) in [7, 11) is 5.28. The molecule has 8 atom stereocenters. The van der Waals surface area contributed by atoms with Crippen molar-refractivity contribution < 1.29 is 5.11 Å². The summed E-state index contributed by atoms with van der Waals surface area (Å²) in [4.78, 5) is 0. The highest BCUT2D eigenvalue weighted by molar-refractivity contribution is 7.98. The molecule has 1 N–H and O–H groups in total. The third-order valence-corrected chi connectivity index (χ3v) is 11.9. The van der Waals surface area contributed by atoms with Crippen molar-refractivity contribution >= 4 is 27.5 Å². The van der Waals surface area contributed by atoms with E-state index in [0.717, 1.165) is 30.6 Å². The van der Waals surface area contributed by atoms with Crippen molar-refractivity contribution in [3.63, 3.8) is 0 Å². The van der Waals surface area contributed by atoms with Gasteiger partial charge in [0.1, 0.15) is 15.7 Å².